The fraction of sp³-hybridized carbons (Fsp3) is 0.733. The standard InChI is InChI=1S/C15H28N4O/c1-9(17-14(20)13(16)15(4,5)6)8-12-10(2)18-19(7)11(12)3/h9,13H,8,16H2,1-7H3,(H,17,20)/t9?,13-/m1/s1. The predicted molar refractivity (Wildman–Crippen MR) is 81.4 cm³/mol. The number of aromatic nitrogens is 2. The van der Waals surface area contributed by atoms with E-state index in [4.69, 9.17) is 5.73 Å². The summed E-state index contributed by atoms with van der Waals surface area (Å²) in [6.45, 7) is 12.0. The SMILES string of the molecule is Cc1nn(C)c(C)c1CC(C)NC(=O)[C@@H](N)C(C)(C)C. The highest BCUT2D eigenvalue weighted by molar-refractivity contribution is 5.82. The summed E-state index contributed by atoms with van der Waals surface area (Å²) >= 11 is 0. The number of carbonyl (C=O) groups is 1. The van der Waals surface area contributed by atoms with Gasteiger partial charge in [-0.25, -0.2) is 0 Å². The van der Waals surface area contributed by atoms with Crippen molar-refractivity contribution in [1.82, 2.24) is 15.1 Å². The molecular formula is C15H28N4O. The van der Waals surface area contributed by atoms with Crippen LogP contribution in [-0.4, -0.2) is 27.8 Å². The van der Waals surface area contributed by atoms with Crippen molar-refractivity contribution >= 4 is 5.91 Å². The lowest BCUT2D eigenvalue weighted by molar-refractivity contribution is -0.125. The van der Waals surface area contributed by atoms with Gasteiger partial charge in [0.2, 0.25) is 5.91 Å². The Morgan fingerprint density at radius 1 is 1.40 bits per heavy atom. The fourth-order valence-electron chi connectivity index (χ4n) is 2.20. The van der Waals surface area contributed by atoms with Gasteiger partial charge in [-0.1, -0.05) is 20.8 Å². The molecule has 20 heavy (non-hydrogen) atoms. The molecule has 1 aromatic heterocycles. The number of hydrogen-bond donors (Lipinski definition) is 2. The van der Waals surface area contributed by atoms with Crippen LogP contribution in [0.15, 0.2) is 0 Å². The predicted octanol–water partition coefficient (Wildman–Crippen LogP) is 1.46. The molecule has 0 aliphatic rings. The zero-order chi connectivity index (χ0) is 15.7. The van der Waals surface area contributed by atoms with Gasteiger partial charge in [-0.05, 0) is 38.2 Å². The van der Waals surface area contributed by atoms with Crippen molar-refractivity contribution in [2.45, 2.75) is 60.0 Å². The number of rotatable bonds is 4. The molecule has 0 fully saturated rings. The molecule has 0 spiro atoms. The summed E-state index contributed by atoms with van der Waals surface area (Å²) < 4.78 is 1.88. The van der Waals surface area contributed by atoms with Gasteiger partial charge in [0.05, 0.1) is 11.7 Å². The number of nitrogens with zero attached hydrogens (tertiary/aromatic N) is 2. The summed E-state index contributed by atoms with van der Waals surface area (Å²) in [4.78, 5) is 12.1. The van der Waals surface area contributed by atoms with Crippen LogP contribution < -0.4 is 11.1 Å². The van der Waals surface area contributed by atoms with Crippen molar-refractivity contribution in [3.8, 4) is 0 Å². The minimum Gasteiger partial charge on any atom is -0.352 e. The van der Waals surface area contributed by atoms with E-state index in [9.17, 15) is 4.79 Å². The molecule has 1 heterocycles. The first kappa shape index (κ1) is 16.7. The molecule has 5 nitrogen and oxygen atoms in total. The first-order valence-electron chi connectivity index (χ1n) is 7.09. The largest absolute Gasteiger partial charge is 0.352 e. The number of nitrogens with one attached hydrogen (secondary N) is 1. The second-order valence-corrected chi connectivity index (χ2v) is 6.73. The van der Waals surface area contributed by atoms with Crippen LogP contribution in [0.1, 0.15) is 44.6 Å². The van der Waals surface area contributed by atoms with Gasteiger partial charge in [-0.3, -0.25) is 9.48 Å². The topological polar surface area (TPSA) is 72.9 Å². The van der Waals surface area contributed by atoms with E-state index >= 15 is 0 Å². The lowest BCUT2D eigenvalue weighted by atomic mass is 9.86. The molecular weight excluding hydrogens is 252 g/mol. The van der Waals surface area contributed by atoms with Crippen molar-refractivity contribution in [2.75, 3.05) is 0 Å². The van der Waals surface area contributed by atoms with E-state index in [-0.39, 0.29) is 17.4 Å². The number of amides is 1. The van der Waals surface area contributed by atoms with Gasteiger partial charge in [0.25, 0.3) is 0 Å². The van der Waals surface area contributed by atoms with Crippen LogP contribution in [0.25, 0.3) is 0 Å². The first-order valence-corrected chi connectivity index (χ1v) is 7.09. The molecule has 0 saturated heterocycles. The molecule has 1 rings (SSSR count). The maximum atomic E-state index is 12.1. The Morgan fingerprint density at radius 2 is 1.95 bits per heavy atom. The smallest absolute Gasteiger partial charge is 0.237 e. The van der Waals surface area contributed by atoms with Gasteiger partial charge in [-0.15, -0.1) is 0 Å². The maximum Gasteiger partial charge on any atom is 0.237 e. The second-order valence-electron chi connectivity index (χ2n) is 6.73. The molecule has 0 aliphatic carbocycles. The highest BCUT2D eigenvalue weighted by Crippen LogP contribution is 2.18. The van der Waals surface area contributed by atoms with Crippen LogP contribution in [0.2, 0.25) is 0 Å². The lowest BCUT2D eigenvalue weighted by Gasteiger charge is -2.27. The van der Waals surface area contributed by atoms with E-state index in [0.717, 1.165) is 17.8 Å². The molecule has 3 N–H and O–H groups in total. The highest BCUT2D eigenvalue weighted by Gasteiger charge is 2.28. The maximum absolute atomic E-state index is 12.1. The third-order valence-corrected chi connectivity index (χ3v) is 3.77. The number of carbonyl (C=O) groups excluding carboxylic acids is 1. The summed E-state index contributed by atoms with van der Waals surface area (Å²) in [5.74, 6) is -0.0933. The Hall–Kier alpha value is -1.36. The van der Waals surface area contributed by atoms with E-state index in [1.165, 1.54) is 5.56 Å². The molecule has 0 aliphatic heterocycles. The molecule has 1 aromatic rings. The minimum atomic E-state index is -0.499. The third-order valence-electron chi connectivity index (χ3n) is 3.77. The van der Waals surface area contributed by atoms with Gasteiger partial charge in [-0.2, -0.15) is 5.10 Å². The molecule has 0 aromatic carbocycles. The molecule has 1 amide bonds. The van der Waals surface area contributed by atoms with Crippen LogP contribution in [0.5, 0.6) is 0 Å². The fourth-order valence-corrected chi connectivity index (χ4v) is 2.20. The van der Waals surface area contributed by atoms with E-state index in [1.807, 2.05) is 53.3 Å². The van der Waals surface area contributed by atoms with Crippen molar-refractivity contribution < 1.29 is 4.79 Å². The Morgan fingerprint density at radius 3 is 2.35 bits per heavy atom. The Balaban J connectivity index is 2.69. The lowest BCUT2D eigenvalue weighted by Crippen LogP contribution is -2.51. The average Bonchev–Trinajstić information content (AvgIpc) is 2.53. The summed E-state index contributed by atoms with van der Waals surface area (Å²) in [5, 5.41) is 7.39. The van der Waals surface area contributed by atoms with Gasteiger partial charge in [0, 0.05) is 18.8 Å². The van der Waals surface area contributed by atoms with Crippen molar-refractivity contribution in [1.29, 1.82) is 0 Å². The van der Waals surface area contributed by atoms with Crippen LogP contribution in [-0.2, 0) is 18.3 Å². The molecule has 114 valence electrons. The second kappa shape index (κ2) is 5.95. The Kier molecular flexibility index (Phi) is 4.97. The van der Waals surface area contributed by atoms with Crippen molar-refractivity contribution in [3.05, 3.63) is 17.0 Å². The van der Waals surface area contributed by atoms with Crippen molar-refractivity contribution in [3.63, 3.8) is 0 Å². The van der Waals surface area contributed by atoms with E-state index < -0.39 is 6.04 Å². The van der Waals surface area contributed by atoms with Crippen molar-refractivity contribution in [2.24, 2.45) is 18.2 Å². The number of hydrogen-bond acceptors (Lipinski definition) is 3. The van der Waals surface area contributed by atoms with E-state index in [0.29, 0.717) is 0 Å². The molecule has 2 atom stereocenters. The van der Waals surface area contributed by atoms with E-state index in [1.54, 1.807) is 0 Å². The summed E-state index contributed by atoms with van der Waals surface area (Å²) in [7, 11) is 1.94. The first-order chi connectivity index (χ1) is 9.04. The van der Waals surface area contributed by atoms with Crippen LogP contribution >= 0.6 is 0 Å². The molecule has 0 bridgehead atoms. The number of nitrogens with two attached hydrogens (primary N) is 1. The zero-order valence-electron chi connectivity index (χ0n) is 13.7. The van der Waals surface area contributed by atoms with Crippen LogP contribution in [0.4, 0.5) is 0 Å². The Labute approximate surface area is 121 Å². The molecule has 0 radical (unpaired) electrons. The van der Waals surface area contributed by atoms with Gasteiger partial charge < -0.3 is 11.1 Å². The van der Waals surface area contributed by atoms with Crippen LogP contribution in [0.3, 0.4) is 0 Å². The van der Waals surface area contributed by atoms with Gasteiger partial charge in [0.1, 0.15) is 0 Å². The number of aryl methyl sites for hydroxylation is 2. The summed E-state index contributed by atoms with van der Waals surface area (Å²) in [6.07, 6.45) is 0.772. The Bertz CT molecular complexity index is 485. The highest BCUT2D eigenvalue weighted by atomic mass is 16.2. The summed E-state index contributed by atoms with van der Waals surface area (Å²) in [6, 6.07) is -0.460. The quantitative estimate of drug-likeness (QED) is 0.877. The summed E-state index contributed by atoms with van der Waals surface area (Å²) in [5.41, 5.74) is 9.10. The monoisotopic (exact) mass is 280 g/mol. The zero-order valence-corrected chi connectivity index (χ0v) is 13.7. The molecule has 0 saturated carbocycles. The van der Waals surface area contributed by atoms with Gasteiger partial charge >= 0.3 is 0 Å². The average molecular weight is 280 g/mol. The van der Waals surface area contributed by atoms with Gasteiger partial charge in [0.15, 0.2) is 0 Å². The normalized spacial score (nSPS) is 15.0. The molecule has 5 heteroatoms. The van der Waals surface area contributed by atoms with E-state index in [2.05, 4.69) is 10.4 Å². The minimum absolute atomic E-state index is 0.0394. The van der Waals surface area contributed by atoms with Crippen LogP contribution in [0, 0.1) is 19.3 Å². The molecule has 1 unspecified atom stereocenters. The third kappa shape index (κ3) is 3.82.